The molecule has 0 fully saturated rings. The monoisotopic (exact) mass is 498 g/mol. The van der Waals surface area contributed by atoms with Crippen molar-refractivity contribution < 1.29 is 14.6 Å². The topological polar surface area (TPSA) is 85.4 Å². The summed E-state index contributed by atoms with van der Waals surface area (Å²) in [6.07, 6.45) is 2.52. The first-order chi connectivity index (χ1) is 16.3. The number of aliphatic hydroxyl groups is 1. The number of anilines is 1. The molecule has 0 spiro atoms. The number of halogens is 1. The van der Waals surface area contributed by atoms with Gasteiger partial charge in [0, 0.05) is 28.8 Å². The van der Waals surface area contributed by atoms with Gasteiger partial charge in [0.1, 0.15) is 18.2 Å². The molecule has 0 radical (unpaired) electrons. The SMILES string of the molecule is CCO.CCc1cccc(OCc2csc3c(C(C)=O)cnc(N)c23)c1.Cc1ccc(Cl)cc1. The number of aliphatic hydroxyl groups excluding tert-OH is 1. The van der Waals surface area contributed by atoms with Gasteiger partial charge in [0.2, 0.25) is 0 Å². The van der Waals surface area contributed by atoms with Crippen molar-refractivity contribution in [2.45, 2.75) is 40.7 Å². The summed E-state index contributed by atoms with van der Waals surface area (Å²) in [5, 5.41) is 11.2. The molecule has 0 unspecified atom stereocenters. The Balaban J connectivity index is 0.000000309. The average molecular weight is 499 g/mol. The molecular weight excluding hydrogens is 468 g/mol. The van der Waals surface area contributed by atoms with E-state index in [0.29, 0.717) is 18.0 Å². The fourth-order valence-electron chi connectivity index (χ4n) is 3.04. The number of benzene rings is 2. The lowest BCUT2D eigenvalue weighted by molar-refractivity contribution is 0.101. The maximum Gasteiger partial charge on any atom is 0.162 e. The van der Waals surface area contributed by atoms with Crippen LogP contribution in [-0.4, -0.2) is 22.5 Å². The van der Waals surface area contributed by atoms with Crippen LogP contribution < -0.4 is 10.5 Å². The number of nitrogens with two attached hydrogens (primary N) is 1. The summed E-state index contributed by atoms with van der Waals surface area (Å²) in [5.41, 5.74) is 10.1. The number of Topliss-reactive ketones (excluding diaryl/α,β-unsaturated/α-hetero) is 1. The van der Waals surface area contributed by atoms with Crippen LogP contribution >= 0.6 is 22.9 Å². The van der Waals surface area contributed by atoms with Gasteiger partial charge < -0.3 is 15.6 Å². The van der Waals surface area contributed by atoms with Crippen LogP contribution in [0.1, 0.15) is 47.8 Å². The van der Waals surface area contributed by atoms with Crippen molar-refractivity contribution in [2.75, 3.05) is 12.3 Å². The zero-order chi connectivity index (χ0) is 25.1. The van der Waals surface area contributed by atoms with Gasteiger partial charge in [-0.05, 0) is 62.4 Å². The Labute approximate surface area is 210 Å². The molecule has 4 aromatic rings. The largest absolute Gasteiger partial charge is 0.489 e. The lowest BCUT2D eigenvalue weighted by Crippen LogP contribution is -2.00. The van der Waals surface area contributed by atoms with E-state index in [9.17, 15) is 4.79 Å². The number of nitrogen functional groups attached to an aromatic ring is 1. The molecule has 180 valence electrons. The summed E-state index contributed by atoms with van der Waals surface area (Å²) in [6.45, 7) is 8.02. The number of ketones is 1. The molecule has 0 atom stereocenters. The molecule has 2 aromatic carbocycles. The van der Waals surface area contributed by atoms with Gasteiger partial charge in [-0.15, -0.1) is 11.3 Å². The van der Waals surface area contributed by atoms with Gasteiger partial charge in [-0.3, -0.25) is 4.79 Å². The molecule has 7 heteroatoms. The normalized spacial score (nSPS) is 10.1. The number of pyridine rings is 1. The van der Waals surface area contributed by atoms with Crippen molar-refractivity contribution >= 4 is 44.6 Å². The second kappa shape index (κ2) is 13.7. The summed E-state index contributed by atoms with van der Waals surface area (Å²) in [4.78, 5) is 15.9. The van der Waals surface area contributed by atoms with E-state index in [4.69, 9.17) is 27.2 Å². The van der Waals surface area contributed by atoms with Gasteiger partial charge in [0.05, 0.1) is 10.3 Å². The highest BCUT2D eigenvalue weighted by atomic mass is 35.5. The van der Waals surface area contributed by atoms with Gasteiger partial charge in [0.25, 0.3) is 0 Å². The molecule has 0 saturated heterocycles. The number of thiophene rings is 1. The standard InChI is InChI=1S/C18H18N2O2S.C7H7Cl.C2H6O/c1-3-12-5-4-6-14(7-12)22-9-13-10-23-17-15(11(2)21)8-20-18(19)16(13)17;1-6-2-4-7(8)5-3-6;1-2-3/h4-8,10H,3,9H2,1-2H3,(H2,19,20);2-5H,1H3;3H,2H2,1H3. The number of carbonyl (C=O) groups is 1. The first-order valence-electron chi connectivity index (χ1n) is 11.0. The molecular formula is C27H31ClN2O3S. The van der Waals surface area contributed by atoms with Gasteiger partial charge >= 0.3 is 0 Å². The number of aromatic nitrogens is 1. The highest BCUT2D eigenvalue weighted by molar-refractivity contribution is 7.17. The van der Waals surface area contributed by atoms with Crippen molar-refractivity contribution in [2.24, 2.45) is 0 Å². The number of hydrogen-bond donors (Lipinski definition) is 2. The van der Waals surface area contributed by atoms with Crippen LogP contribution in [-0.2, 0) is 13.0 Å². The van der Waals surface area contributed by atoms with Crippen LogP contribution in [0.25, 0.3) is 10.1 Å². The maximum absolute atomic E-state index is 11.7. The van der Waals surface area contributed by atoms with Crippen molar-refractivity contribution in [3.8, 4) is 5.75 Å². The Hall–Kier alpha value is -2.93. The molecule has 0 aliphatic heterocycles. The molecule has 5 nitrogen and oxygen atoms in total. The fraction of sp³-hybridized carbons (Fsp3) is 0.259. The Morgan fingerprint density at radius 3 is 2.44 bits per heavy atom. The van der Waals surface area contributed by atoms with E-state index in [1.807, 2.05) is 54.8 Å². The predicted octanol–water partition coefficient (Wildman–Crippen LogP) is 6.87. The summed E-state index contributed by atoms with van der Waals surface area (Å²) >= 11 is 7.12. The van der Waals surface area contributed by atoms with Gasteiger partial charge in [-0.25, -0.2) is 4.98 Å². The summed E-state index contributed by atoms with van der Waals surface area (Å²) in [5.74, 6) is 1.26. The van der Waals surface area contributed by atoms with Crippen LogP contribution in [0, 0.1) is 6.92 Å². The van der Waals surface area contributed by atoms with E-state index in [2.05, 4.69) is 18.0 Å². The van der Waals surface area contributed by atoms with E-state index < -0.39 is 0 Å². The third-order valence-electron chi connectivity index (χ3n) is 4.79. The molecule has 0 amide bonds. The molecule has 0 aliphatic rings. The number of hydrogen-bond acceptors (Lipinski definition) is 6. The second-order valence-corrected chi connectivity index (χ2v) is 8.80. The second-order valence-electron chi connectivity index (χ2n) is 7.48. The number of aryl methyl sites for hydroxylation is 2. The smallest absolute Gasteiger partial charge is 0.162 e. The molecule has 3 N–H and O–H groups in total. The lowest BCUT2D eigenvalue weighted by Gasteiger charge is -2.08. The molecule has 0 aliphatic carbocycles. The quantitative estimate of drug-likeness (QED) is 0.293. The van der Waals surface area contributed by atoms with Crippen LogP contribution in [0.2, 0.25) is 5.02 Å². The summed E-state index contributed by atoms with van der Waals surface area (Å²) < 4.78 is 6.78. The zero-order valence-electron chi connectivity index (χ0n) is 20.0. The zero-order valence-corrected chi connectivity index (χ0v) is 21.5. The summed E-state index contributed by atoms with van der Waals surface area (Å²) in [6, 6.07) is 15.8. The van der Waals surface area contributed by atoms with Gasteiger partial charge in [0.15, 0.2) is 5.78 Å². The maximum atomic E-state index is 11.7. The van der Waals surface area contributed by atoms with Crippen molar-refractivity contribution in [3.63, 3.8) is 0 Å². The highest BCUT2D eigenvalue weighted by Crippen LogP contribution is 2.33. The van der Waals surface area contributed by atoms with Crippen LogP contribution in [0.3, 0.4) is 0 Å². The van der Waals surface area contributed by atoms with Crippen molar-refractivity contribution in [1.82, 2.24) is 4.98 Å². The first-order valence-corrected chi connectivity index (χ1v) is 12.3. The minimum absolute atomic E-state index is 0.00698. The first kappa shape index (κ1) is 27.3. The minimum Gasteiger partial charge on any atom is -0.489 e. The van der Waals surface area contributed by atoms with E-state index >= 15 is 0 Å². The van der Waals surface area contributed by atoms with Crippen LogP contribution in [0.4, 0.5) is 5.82 Å². The molecule has 2 heterocycles. The molecule has 4 rings (SSSR count). The van der Waals surface area contributed by atoms with E-state index in [0.717, 1.165) is 32.8 Å². The number of fused-ring (bicyclic) bond motifs is 1. The van der Waals surface area contributed by atoms with Gasteiger partial charge in [-0.1, -0.05) is 48.4 Å². The van der Waals surface area contributed by atoms with E-state index in [1.165, 1.54) is 22.5 Å². The highest BCUT2D eigenvalue weighted by Gasteiger charge is 2.15. The Bertz CT molecular complexity index is 1190. The van der Waals surface area contributed by atoms with Crippen LogP contribution in [0.15, 0.2) is 60.1 Å². The average Bonchev–Trinajstić information content (AvgIpc) is 3.25. The van der Waals surface area contributed by atoms with Crippen LogP contribution in [0.5, 0.6) is 5.75 Å². The third-order valence-corrected chi connectivity index (χ3v) is 6.11. The Kier molecular flexibility index (Phi) is 11.0. The number of rotatable bonds is 5. The Morgan fingerprint density at radius 2 is 1.85 bits per heavy atom. The molecule has 34 heavy (non-hydrogen) atoms. The third kappa shape index (κ3) is 7.83. The number of ether oxygens (including phenoxy) is 1. The van der Waals surface area contributed by atoms with Crippen molar-refractivity contribution in [1.29, 1.82) is 0 Å². The Morgan fingerprint density at radius 1 is 1.18 bits per heavy atom. The predicted molar refractivity (Wildman–Crippen MR) is 143 cm³/mol. The van der Waals surface area contributed by atoms with E-state index in [1.54, 1.807) is 20.0 Å². The molecule has 2 aromatic heterocycles. The number of carbonyl (C=O) groups excluding carboxylic acids is 1. The van der Waals surface area contributed by atoms with E-state index in [-0.39, 0.29) is 12.4 Å². The van der Waals surface area contributed by atoms with Gasteiger partial charge in [-0.2, -0.15) is 0 Å². The fourth-order valence-corrected chi connectivity index (χ4v) is 4.29. The minimum atomic E-state index is -0.00698. The van der Waals surface area contributed by atoms with Crippen molar-refractivity contribution in [3.05, 3.63) is 87.4 Å². The lowest BCUT2D eigenvalue weighted by atomic mass is 10.1. The summed E-state index contributed by atoms with van der Waals surface area (Å²) in [7, 11) is 0. The molecule has 0 bridgehead atoms. The molecule has 0 saturated carbocycles. The number of nitrogens with zero attached hydrogens (tertiary/aromatic N) is 1.